The van der Waals surface area contributed by atoms with Gasteiger partial charge in [0.25, 0.3) is 0 Å². The lowest BCUT2D eigenvalue weighted by Crippen LogP contribution is -2.42. The summed E-state index contributed by atoms with van der Waals surface area (Å²) < 4.78 is 54.2. The molecule has 1 aliphatic heterocycles. The molecule has 1 heterocycles. The normalized spacial score (nSPS) is 14.3. The van der Waals surface area contributed by atoms with Crippen LogP contribution in [0.15, 0.2) is 47.5 Å². The van der Waals surface area contributed by atoms with Crippen LogP contribution in [-0.4, -0.2) is 43.7 Å². The van der Waals surface area contributed by atoms with Crippen LogP contribution >= 0.6 is 0 Å². The SMILES string of the molecule is CCNC(=NCc1ccc2c(c1)OCO2)NCC(O)COc1cccc(C(F)(F)F)c1. The fourth-order valence-corrected chi connectivity index (χ4v) is 2.78. The molecular weight excluding hydrogens is 415 g/mol. The van der Waals surface area contributed by atoms with Gasteiger partial charge >= 0.3 is 6.18 Å². The fourth-order valence-electron chi connectivity index (χ4n) is 2.78. The number of fused-ring (bicyclic) bond motifs is 1. The van der Waals surface area contributed by atoms with E-state index < -0.39 is 17.8 Å². The van der Waals surface area contributed by atoms with E-state index in [0.29, 0.717) is 30.5 Å². The maximum absolute atomic E-state index is 12.8. The van der Waals surface area contributed by atoms with Crippen LogP contribution in [0.25, 0.3) is 0 Å². The number of hydrogen-bond acceptors (Lipinski definition) is 5. The van der Waals surface area contributed by atoms with Crippen molar-refractivity contribution in [3.05, 3.63) is 53.6 Å². The number of guanidine groups is 1. The number of benzene rings is 2. The molecule has 10 heteroatoms. The minimum Gasteiger partial charge on any atom is -0.491 e. The molecule has 0 saturated heterocycles. The zero-order valence-corrected chi connectivity index (χ0v) is 16.9. The van der Waals surface area contributed by atoms with Gasteiger partial charge in [-0.15, -0.1) is 0 Å². The van der Waals surface area contributed by atoms with Crippen molar-refractivity contribution in [3.63, 3.8) is 0 Å². The standard InChI is InChI=1S/C21H24F3N3O4/c1-2-25-20(26-10-14-6-7-18-19(8-14)31-13-30-18)27-11-16(28)12-29-17-5-3-4-15(9-17)21(22,23)24/h3-9,16,28H,2,10-13H2,1H3,(H2,25,26,27). The molecule has 2 aromatic carbocycles. The molecule has 0 amide bonds. The molecule has 0 radical (unpaired) electrons. The molecule has 2 aromatic rings. The van der Waals surface area contributed by atoms with Gasteiger partial charge in [0.15, 0.2) is 17.5 Å². The van der Waals surface area contributed by atoms with E-state index >= 15 is 0 Å². The number of halogens is 3. The quantitative estimate of drug-likeness (QED) is 0.433. The number of alkyl halides is 3. The predicted molar refractivity (Wildman–Crippen MR) is 108 cm³/mol. The first kappa shape index (κ1) is 22.5. The Morgan fingerprint density at radius 3 is 2.74 bits per heavy atom. The molecule has 0 aliphatic carbocycles. The number of aliphatic hydroxyl groups excluding tert-OH is 1. The molecule has 31 heavy (non-hydrogen) atoms. The van der Waals surface area contributed by atoms with Gasteiger partial charge in [-0.25, -0.2) is 4.99 Å². The van der Waals surface area contributed by atoms with Crippen molar-refractivity contribution in [2.24, 2.45) is 4.99 Å². The van der Waals surface area contributed by atoms with Crippen LogP contribution in [0.3, 0.4) is 0 Å². The van der Waals surface area contributed by atoms with Crippen molar-refractivity contribution in [2.45, 2.75) is 25.7 Å². The third-order valence-electron chi connectivity index (χ3n) is 4.31. The second-order valence-electron chi connectivity index (χ2n) is 6.75. The maximum Gasteiger partial charge on any atom is 0.416 e. The Balaban J connectivity index is 1.49. The van der Waals surface area contributed by atoms with E-state index in [9.17, 15) is 18.3 Å². The average Bonchev–Trinajstić information content (AvgIpc) is 3.21. The van der Waals surface area contributed by atoms with Crippen LogP contribution in [0.4, 0.5) is 13.2 Å². The summed E-state index contributed by atoms with van der Waals surface area (Å²) in [6, 6.07) is 10.1. The molecule has 3 N–H and O–H groups in total. The summed E-state index contributed by atoms with van der Waals surface area (Å²) >= 11 is 0. The van der Waals surface area contributed by atoms with Crippen molar-refractivity contribution >= 4 is 5.96 Å². The van der Waals surface area contributed by atoms with Crippen LogP contribution < -0.4 is 24.8 Å². The van der Waals surface area contributed by atoms with Crippen LogP contribution in [0.1, 0.15) is 18.1 Å². The highest BCUT2D eigenvalue weighted by Gasteiger charge is 2.30. The summed E-state index contributed by atoms with van der Waals surface area (Å²) in [5.74, 6) is 1.89. The second-order valence-corrected chi connectivity index (χ2v) is 6.75. The molecule has 0 bridgehead atoms. The minimum absolute atomic E-state index is 0.0391. The van der Waals surface area contributed by atoms with Crippen molar-refractivity contribution in [2.75, 3.05) is 26.5 Å². The number of aliphatic imine (C=N–C) groups is 1. The topological polar surface area (TPSA) is 84.3 Å². The van der Waals surface area contributed by atoms with Crippen molar-refractivity contribution < 1.29 is 32.5 Å². The van der Waals surface area contributed by atoms with E-state index in [4.69, 9.17) is 14.2 Å². The molecule has 1 atom stereocenters. The Bertz CT molecular complexity index is 906. The summed E-state index contributed by atoms with van der Waals surface area (Å²) in [6.07, 6.45) is -5.40. The highest BCUT2D eigenvalue weighted by molar-refractivity contribution is 5.79. The van der Waals surface area contributed by atoms with Crippen LogP contribution in [0.2, 0.25) is 0 Å². The molecule has 1 unspecified atom stereocenters. The zero-order chi connectivity index (χ0) is 22.3. The molecule has 3 rings (SSSR count). The summed E-state index contributed by atoms with van der Waals surface area (Å²) in [5.41, 5.74) is 0.123. The smallest absolute Gasteiger partial charge is 0.416 e. The summed E-state index contributed by atoms with van der Waals surface area (Å²) in [4.78, 5) is 4.46. The molecule has 7 nitrogen and oxygen atoms in total. The van der Waals surface area contributed by atoms with E-state index in [1.165, 1.54) is 12.1 Å². The van der Waals surface area contributed by atoms with Gasteiger partial charge in [-0.1, -0.05) is 12.1 Å². The Hall–Kier alpha value is -3.14. The first-order valence-electron chi connectivity index (χ1n) is 9.74. The Morgan fingerprint density at radius 2 is 1.97 bits per heavy atom. The predicted octanol–water partition coefficient (Wildman–Crippen LogP) is 2.93. The van der Waals surface area contributed by atoms with Gasteiger partial charge in [0.1, 0.15) is 18.5 Å². The van der Waals surface area contributed by atoms with Crippen LogP contribution in [-0.2, 0) is 12.7 Å². The fraction of sp³-hybridized carbons (Fsp3) is 0.381. The van der Waals surface area contributed by atoms with Gasteiger partial charge in [0.05, 0.1) is 12.1 Å². The number of hydrogen-bond donors (Lipinski definition) is 3. The van der Waals surface area contributed by atoms with Crippen LogP contribution in [0.5, 0.6) is 17.2 Å². The first-order valence-corrected chi connectivity index (χ1v) is 9.74. The largest absolute Gasteiger partial charge is 0.491 e. The molecule has 0 spiro atoms. The second kappa shape index (κ2) is 10.3. The summed E-state index contributed by atoms with van der Waals surface area (Å²) in [5, 5.41) is 16.2. The molecule has 0 saturated carbocycles. The lowest BCUT2D eigenvalue weighted by atomic mass is 10.2. The third kappa shape index (κ3) is 6.68. The van der Waals surface area contributed by atoms with Gasteiger partial charge < -0.3 is 30.0 Å². The molecule has 0 fully saturated rings. The minimum atomic E-state index is -4.45. The molecule has 0 aromatic heterocycles. The number of nitrogens with zero attached hydrogens (tertiary/aromatic N) is 1. The first-order chi connectivity index (χ1) is 14.8. The highest BCUT2D eigenvalue weighted by atomic mass is 19.4. The van der Waals surface area contributed by atoms with E-state index in [2.05, 4.69) is 15.6 Å². The number of aliphatic hydroxyl groups is 1. The molecular formula is C21H24F3N3O4. The van der Waals surface area contributed by atoms with Gasteiger partial charge in [-0.3, -0.25) is 0 Å². The molecule has 168 valence electrons. The lowest BCUT2D eigenvalue weighted by molar-refractivity contribution is -0.137. The van der Waals surface area contributed by atoms with E-state index in [1.54, 1.807) is 0 Å². The van der Waals surface area contributed by atoms with E-state index in [-0.39, 0.29) is 25.7 Å². The Labute approximate surface area is 177 Å². The van der Waals surface area contributed by atoms with Gasteiger partial charge in [0, 0.05) is 13.1 Å². The number of rotatable bonds is 8. The van der Waals surface area contributed by atoms with Crippen molar-refractivity contribution in [1.82, 2.24) is 10.6 Å². The lowest BCUT2D eigenvalue weighted by Gasteiger charge is -2.16. The van der Waals surface area contributed by atoms with Gasteiger partial charge in [-0.2, -0.15) is 13.2 Å². The average molecular weight is 439 g/mol. The highest BCUT2D eigenvalue weighted by Crippen LogP contribution is 2.33. The monoisotopic (exact) mass is 439 g/mol. The van der Waals surface area contributed by atoms with Crippen molar-refractivity contribution in [3.8, 4) is 17.2 Å². The third-order valence-corrected chi connectivity index (χ3v) is 4.31. The maximum atomic E-state index is 12.8. The number of nitrogens with one attached hydrogen (secondary N) is 2. The Kier molecular flexibility index (Phi) is 7.45. The van der Waals surface area contributed by atoms with Crippen LogP contribution in [0, 0.1) is 0 Å². The van der Waals surface area contributed by atoms with E-state index in [1.807, 2.05) is 25.1 Å². The Morgan fingerprint density at radius 1 is 1.16 bits per heavy atom. The van der Waals surface area contributed by atoms with E-state index in [0.717, 1.165) is 17.7 Å². The summed E-state index contributed by atoms with van der Waals surface area (Å²) in [7, 11) is 0. The molecule has 1 aliphatic rings. The summed E-state index contributed by atoms with van der Waals surface area (Å²) in [6.45, 7) is 3.03. The van der Waals surface area contributed by atoms with Crippen molar-refractivity contribution in [1.29, 1.82) is 0 Å². The number of ether oxygens (including phenoxy) is 3. The van der Waals surface area contributed by atoms with Gasteiger partial charge in [-0.05, 0) is 42.8 Å². The van der Waals surface area contributed by atoms with Gasteiger partial charge in [0.2, 0.25) is 6.79 Å². The zero-order valence-electron chi connectivity index (χ0n) is 16.9.